The second-order valence-electron chi connectivity index (χ2n) is 7.71. The van der Waals surface area contributed by atoms with Crippen LogP contribution in [0.2, 0.25) is 5.15 Å². The van der Waals surface area contributed by atoms with Gasteiger partial charge in [0.1, 0.15) is 5.15 Å². The van der Waals surface area contributed by atoms with Crippen molar-refractivity contribution in [2.45, 2.75) is 52.3 Å². The summed E-state index contributed by atoms with van der Waals surface area (Å²) < 4.78 is 7.22. The van der Waals surface area contributed by atoms with Crippen LogP contribution in [0.5, 0.6) is 0 Å². The van der Waals surface area contributed by atoms with E-state index in [9.17, 15) is 9.59 Å². The Morgan fingerprint density at radius 2 is 2.00 bits per heavy atom. The van der Waals surface area contributed by atoms with Crippen molar-refractivity contribution >= 4 is 29.6 Å². The number of carbonyl (C=O) groups is 2. The van der Waals surface area contributed by atoms with Crippen LogP contribution in [0.15, 0.2) is 36.4 Å². The van der Waals surface area contributed by atoms with Crippen molar-refractivity contribution in [2.75, 3.05) is 0 Å². The third-order valence-electron chi connectivity index (χ3n) is 4.53. The van der Waals surface area contributed by atoms with Crippen LogP contribution in [-0.4, -0.2) is 27.7 Å². The number of ether oxygens (including phenoxy) is 1. The fourth-order valence-electron chi connectivity index (χ4n) is 2.94. The van der Waals surface area contributed by atoms with E-state index in [1.54, 1.807) is 22.9 Å². The predicted octanol–water partition coefficient (Wildman–Crippen LogP) is 4.08. The maximum absolute atomic E-state index is 12.6. The molecular formula is C22H26ClN3O3. The molecule has 3 rings (SSSR count). The number of aromatic nitrogens is 2. The Morgan fingerprint density at radius 3 is 2.62 bits per heavy atom. The van der Waals surface area contributed by atoms with Crippen LogP contribution in [0.1, 0.15) is 49.6 Å². The summed E-state index contributed by atoms with van der Waals surface area (Å²) in [5.74, 6) is -0.526. The minimum Gasteiger partial charge on any atom is -0.444 e. The Hall–Kier alpha value is -2.60. The molecule has 6 nitrogen and oxygen atoms in total. The molecule has 1 aromatic heterocycles. The lowest BCUT2D eigenvalue weighted by Gasteiger charge is -2.17. The molecule has 29 heavy (non-hydrogen) atoms. The van der Waals surface area contributed by atoms with Gasteiger partial charge in [-0.2, -0.15) is 5.10 Å². The molecule has 1 heterocycles. The van der Waals surface area contributed by atoms with E-state index in [2.05, 4.69) is 24.3 Å². The van der Waals surface area contributed by atoms with Crippen LogP contribution in [0.3, 0.4) is 0 Å². The van der Waals surface area contributed by atoms with E-state index in [-0.39, 0.29) is 11.9 Å². The molecule has 0 spiro atoms. The van der Waals surface area contributed by atoms with E-state index in [4.69, 9.17) is 16.3 Å². The van der Waals surface area contributed by atoms with Gasteiger partial charge in [-0.25, -0.2) is 4.79 Å². The highest BCUT2D eigenvalue weighted by Crippen LogP contribution is 2.25. The number of aryl methyl sites for hydroxylation is 1. The average molecular weight is 416 g/mol. The molecule has 1 atom stereocenters. The number of esters is 1. The second-order valence-corrected chi connectivity index (χ2v) is 8.07. The summed E-state index contributed by atoms with van der Waals surface area (Å²) in [6, 6.07) is 9.18. The number of rotatable bonds is 8. The first kappa shape index (κ1) is 21.1. The highest BCUT2D eigenvalue weighted by Gasteiger charge is 2.30. The predicted molar refractivity (Wildman–Crippen MR) is 112 cm³/mol. The van der Waals surface area contributed by atoms with Crippen molar-refractivity contribution < 1.29 is 14.3 Å². The topological polar surface area (TPSA) is 73.2 Å². The lowest BCUT2D eigenvalue weighted by atomic mass is 10.1. The maximum Gasteiger partial charge on any atom is 0.331 e. The van der Waals surface area contributed by atoms with Gasteiger partial charge in [-0.15, -0.1) is 0 Å². The molecule has 0 bridgehead atoms. The first-order valence-electron chi connectivity index (χ1n) is 9.82. The van der Waals surface area contributed by atoms with Crippen LogP contribution < -0.4 is 5.32 Å². The van der Waals surface area contributed by atoms with Gasteiger partial charge in [0.15, 0.2) is 0 Å². The van der Waals surface area contributed by atoms with Crippen molar-refractivity contribution in [3.8, 4) is 0 Å². The zero-order chi connectivity index (χ0) is 21.0. The Balaban J connectivity index is 1.73. The monoisotopic (exact) mass is 415 g/mol. The molecule has 7 heteroatoms. The smallest absolute Gasteiger partial charge is 0.331 e. The average Bonchev–Trinajstić information content (AvgIpc) is 3.45. The summed E-state index contributed by atoms with van der Waals surface area (Å²) in [5.41, 5.74) is 2.03. The fraction of sp³-hybridized carbons (Fsp3) is 0.409. The summed E-state index contributed by atoms with van der Waals surface area (Å²) in [7, 11) is 0. The van der Waals surface area contributed by atoms with E-state index >= 15 is 0 Å². The van der Waals surface area contributed by atoms with Crippen LogP contribution in [-0.2, 0) is 20.9 Å². The van der Waals surface area contributed by atoms with Crippen molar-refractivity contribution in [3.63, 3.8) is 0 Å². The van der Waals surface area contributed by atoms with Gasteiger partial charge in [0.2, 0.25) is 6.10 Å². The van der Waals surface area contributed by atoms with Crippen LogP contribution in [0.4, 0.5) is 0 Å². The van der Waals surface area contributed by atoms with Crippen molar-refractivity contribution in [2.24, 2.45) is 5.92 Å². The Bertz CT molecular complexity index is 902. The molecule has 0 aliphatic heterocycles. The number of amides is 1. The van der Waals surface area contributed by atoms with Gasteiger partial charge in [0.05, 0.1) is 5.69 Å². The Labute approximate surface area is 175 Å². The molecule has 0 saturated heterocycles. The largest absolute Gasteiger partial charge is 0.444 e. The summed E-state index contributed by atoms with van der Waals surface area (Å²) >= 11 is 6.41. The lowest BCUT2D eigenvalue weighted by molar-refractivity contribution is -0.151. The Morgan fingerprint density at radius 1 is 1.31 bits per heavy atom. The molecular weight excluding hydrogens is 390 g/mol. The number of halogens is 1. The van der Waals surface area contributed by atoms with Crippen molar-refractivity contribution in [1.82, 2.24) is 15.1 Å². The van der Waals surface area contributed by atoms with E-state index < -0.39 is 12.1 Å². The second kappa shape index (κ2) is 9.27. The summed E-state index contributed by atoms with van der Waals surface area (Å²) in [5, 5.41) is 7.80. The summed E-state index contributed by atoms with van der Waals surface area (Å²) in [6.45, 7) is 6.69. The first-order valence-corrected chi connectivity index (χ1v) is 10.2. The number of carbonyl (C=O) groups excluding carboxylic acids is 2. The molecule has 154 valence electrons. The van der Waals surface area contributed by atoms with Gasteiger partial charge < -0.3 is 10.1 Å². The van der Waals surface area contributed by atoms with Gasteiger partial charge in [0, 0.05) is 29.8 Å². The molecule has 0 radical (unpaired) electrons. The van der Waals surface area contributed by atoms with Crippen LogP contribution in [0, 0.1) is 12.8 Å². The third-order valence-corrected chi connectivity index (χ3v) is 4.93. The van der Waals surface area contributed by atoms with E-state index in [1.807, 2.05) is 25.1 Å². The van der Waals surface area contributed by atoms with Gasteiger partial charge in [-0.1, -0.05) is 55.8 Å². The number of nitrogens with one attached hydrogen (secondary N) is 1. The molecule has 1 aliphatic carbocycles. The van der Waals surface area contributed by atoms with Gasteiger partial charge >= 0.3 is 5.97 Å². The highest BCUT2D eigenvalue weighted by molar-refractivity contribution is 6.31. The molecule has 2 aromatic rings. The number of benzene rings is 1. The van der Waals surface area contributed by atoms with Gasteiger partial charge in [-0.3, -0.25) is 9.48 Å². The first-order chi connectivity index (χ1) is 13.8. The zero-order valence-electron chi connectivity index (χ0n) is 16.9. The van der Waals surface area contributed by atoms with Crippen molar-refractivity contribution in [3.05, 3.63) is 58.4 Å². The summed E-state index contributed by atoms with van der Waals surface area (Å²) in [6.07, 6.45) is 3.80. The van der Waals surface area contributed by atoms with Crippen LogP contribution in [0.25, 0.3) is 6.08 Å². The van der Waals surface area contributed by atoms with Crippen LogP contribution >= 0.6 is 11.6 Å². The zero-order valence-corrected chi connectivity index (χ0v) is 17.6. The molecule has 1 aliphatic rings. The van der Waals surface area contributed by atoms with Gasteiger partial charge in [0.25, 0.3) is 5.91 Å². The number of hydrogen-bond acceptors (Lipinski definition) is 4. The number of nitrogens with zero attached hydrogens (tertiary/aromatic N) is 2. The minimum atomic E-state index is -0.991. The van der Waals surface area contributed by atoms with Gasteiger partial charge in [-0.05, 0) is 31.8 Å². The standard InChI is InChI=1S/C22H26ClN3O3/c1-14(2)13-26-21(23)18(15(3)25-26)11-12-19(27)29-20(16-7-5-4-6-8-16)22(28)24-17-9-10-17/h4-8,11-12,14,17,20H,9-10,13H2,1-3H3,(H,24,28)/b12-11+/t20-/m1/s1. The minimum absolute atomic E-state index is 0.177. The fourth-order valence-corrected chi connectivity index (χ4v) is 3.24. The maximum atomic E-state index is 12.6. The van der Waals surface area contributed by atoms with E-state index in [0.717, 1.165) is 18.5 Å². The van der Waals surface area contributed by atoms with Crippen molar-refractivity contribution in [1.29, 1.82) is 0 Å². The quantitative estimate of drug-likeness (QED) is 0.520. The third kappa shape index (κ3) is 5.70. The van der Waals surface area contributed by atoms with E-state index in [0.29, 0.717) is 28.7 Å². The molecule has 1 fully saturated rings. The number of hydrogen-bond donors (Lipinski definition) is 1. The lowest BCUT2D eigenvalue weighted by Crippen LogP contribution is -2.33. The normalized spacial score (nSPS) is 14.9. The molecule has 1 N–H and O–H groups in total. The highest BCUT2D eigenvalue weighted by atomic mass is 35.5. The molecule has 1 aromatic carbocycles. The SMILES string of the molecule is Cc1nn(CC(C)C)c(Cl)c1/C=C/C(=O)O[C@@H](C(=O)NC1CC1)c1ccccc1. The molecule has 0 unspecified atom stereocenters. The Kier molecular flexibility index (Phi) is 6.75. The molecule has 1 saturated carbocycles. The van der Waals surface area contributed by atoms with E-state index in [1.165, 1.54) is 6.08 Å². The summed E-state index contributed by atoms with van der Waals surface area (Å²) in [4.78, 5) is 25.0. The molecule has 1 amide bonds.